The summed E-state index contributed by atoms with van der Waals surface area (Å²) in [6.45, 7) is -0.144. The van der Waals surface area contributed by atoms with Crippen LogP contribution in [0.25, 0.3) is 33.3 Å². The number of aliphatic hydroxyl groups is 1. The molecule has 10 nitrogen and oxygen atoms in total. The molecule has 1 aromatic carbocycles. The largest absolute Gasteiger partial charge is 0.497 e. The molecular formula is C21H23N5O5S. The van der Waals surface area contributed by atoms with Gasteiger partial charge < -0.3 is 19.4 Å². The zero-order valence-electron chi connectivity index (χ0n) is 17.3. The molecule has 1 fully saturated rings. The summed E-state index contributed by atoms with van der Waals surface area (Å²) in [5.41, 5.74) is 3.33. The number of ether oxygens (including phenoxy) is 1. The highest BCUT2D eigenvalue weighted by Gasteiger charge is 2.35. The molecule has 168 valence electrons. The molecule has 1 saturated carbocycles. The maximum atomic E-state index is 11.1. The van der Waals surface area contributed by atoms with Crippen molar-refractivity contribution in [3.05, 3.63) is 42.9 Å². The van der Waals surface area contributed by atoms with Gasteiger partial charge in [0.2, 0.25) is 0 Å². The minimum atomic E-state index is -4.04. The lowest BCUT2D eigenvalue weighted by atomic mass is 10.1. The lowest BCUT2D eigenvalue weighted by molar-refractivity contribution is 0.100. The van der Waals surface area contributed by atoms with Gasteiger partial charge in [-0.15, -0.1) is 0 Å². The second-order valence-corrected chi connectivity index (χ2v) is 9.27. The van der Waals surface area contributed by atoms with E-state index in [1.54, 1.807) is 7.11 Å². The molecule has 3 atom stereocenters. The van der Waals surface area contributed by atoms with Gasteiger partial charge in [-0.25, -0.2) is 15.1 Å². The zero-order valence-corrected chi connectivity index (χ0v) is 18.1. The van der Waals surface area contributed by atoms with Crippen molar-refractivity contribution in [3.8, 4) is 17.1 Å². The van der Waals surface area contributed by atoms with Crippen molar-refractivity contribution in [3.63, 3.8) is 0 Å². The standard InChI is InChI=1S/C21H23N5O5S/c1-30-15-3-2-12-7-18(25-17(12)9-15)20-16-4-5-26(21(16)24-11-23-20)14-6-13(19(27)8-14)10-31-32(22,28)29/h2-5,7,9,11,13-14,19,25,27H,6,8,10H2,1H3,(H2,22,28,29)/t13-,14+,19-/m0/s1. The van der Waals surface area contributed by atoms with Crippen molar-refractivity contribution in [1.29, 1.82) is 0 Å². The van der Waals surface area contributed by atoms with Gasteiger partial charge in [-0.2, -0.15) is 8.42 Å². The number of nitrogens with two attached hydrogens (primary N) is 1. The smallest absolute Gasteiger partial charge is 0.333 e. The monoisotopic (exact) mass is 457 g/mol. The van der Waals surface area contributed by atoms with Gasteiger partial charge in [0.1, 0.15) is 17.7 Å². The van der Waals surface area contributed by atoms with Crippen molar-refractivity contribution in [2.75, 3.05) is 13.7 Å². The molecular weight excluding hydrogens is 434 g/mol. The maximum Gasteiger partial charge on any atom is 0.333 e. The quantitative estimate of drug-likeness (QED) is 0.402. The van der Waals surface area contributed by atoms with Crippen LogP contribution in [0.1, 0.15) is 18.9 Å². The number of hydrogen-bond donors (Lipinski definition) is 3. The van der Waals surface area contributed by atoms with E-state index in [0.29, 0.717) is 12.8 Å². The molecule has 32 heavy (non-hydrogen) atoms. The predicted octanol–water partition coefficient (Wildman–Crippen LogP) is 2.12. The summed E-state index contributed by atoms with van der Waals surface area (Å²) >= 11 is 0. The van der Waals surface area contributed by atoms with Crippen molar-refractivity contribution in [2.24, 2.45) is 11.1 Å². The van der Waals surface area contributed by atoms with Crippen LogP contribution in [0, 0.1) is 5.92 Å². The van der Waals surface area contributed by atoms with Crippen LogP contribution < -0.4 is 9.88 Å². The second kappa shape index (κ2) is 7.85. The van der Waals surface area contributed by atoms with Crippen LogP contribution in [-0.4, -0.2) is 52.9 Å². The number of hydrogen-bond acceptors (Lipinski definition) is 7. The van der Waals surface area contributed by atoms with Gasteiger partial charge in [0.05, 0.1) is 31.2 Å². The van der Waals surface area contributed by atoms with E-state index in [9.17, 15) is 13.5 Å². The van der Waals surface area contributed by atoms with Crippen molar-refractivity contribution in [2.45, 2.75) is 25.0 Å². The third-order valence-corrected chi connectivity index (χ3v) is 6.53. The second-order valence-electron chi connectivity index (χ2n) is 8.05. The zero-order chi connectivity index (χ0) is 22.5. The van der Waals surface area contributed by atoms with Gasteiger partial charge in [-0.1, -0.05) is 0 Å². The van der Waals surface area contributed by atoms with Crippen LogP contribution in [0.15, 0.2) is 42.9 Å². The van der Waals surface area contributed by atoms with Gasteiger partial charge in [-0.05, 0) is 37.1 Å². The molecule has 4 aromatic rings. The molecule has 3 aromatic heterocycles. The van der Waals surface area contributed by atoms with E-state index in [1.807, 2.05) is 41.1 Å². The summed E-state index contributed by atoms with van der Waals surface area (Å²) in [7, 11) is -2.41. The first kappa shape index (κ1) is 20.9. The molecule has 0 radical (unpaired) electrons. The summed E-state index contributed by atoms with van der Waals surface area (Å²) in [5, 5.41) is 17.2. The van der Waals surface area contributed by atoms with E-state index in [0.717, 1.165) is 39.1 Å². The molecule has 3 heterocycles. The molecule has 0 aliphatic heterocycles. The van der Waals surface area contributed by atoms with Crippen molar-refractivity contribution < 1.29 is 22.4 Å². The third kappa shape index (κ3) is 3.84. The van der Waals surface area contributed by atoms with Crippen LogP contribution in [0.5, 0.6) is 5.75 Å². The Labute approximate surface area is 184 Å². The Balaban J connectivity index is 1.46. The average Bonchev–Trinajstić information content (AvgIpc) is 3.46. The minimum absolute atomic E-state index is 0.0497. The van der Waals surface area contributed by atoms with E-state index < -0.39 is 16.4 Å². The van der Waals surface area contributed by atoms with Gasteiger partial charge in [0, 0.05) is 40.5 Å². The number of fused-ring (bicyclic) bond motifs is 2. The van der Waals surface area contributed by atoms with Crippen LogP contribution >= 0.6 is 0 Å². The van der Waals surface area contributed by atoms with Crippen LogP contribution in [0.2, 0.25) is 0 Å². The molecule has 11 heteroatoms. The molecule has 1 aliphatic carbocycles. The molecule has 5 rings (SSSR count). The first-order valence-electron chi connectivity index (χ1n) is 10.2. The molecule has 0 bridgehead atoms. The SMILES string of the molecule is COc1ccc2cc(-c3ncnc4c3ccn4[C@@H]3C[C@@H](COS(N)(=O)=O)[C@@H](O)C3)[nH]c2c1. The summed E-state index contributed by atoms with van der Waals surface area (Å²) in [6.07, 6.45) is 3.77. The topological polar surface area (TPSA) is 145 Å². The highest BCUT2D eigenvalue weighted by Crippen LogP contribution is 2.38. The van der Waals surface area contributed by atoms with E-state index in [-0.39, 0.29) is 18.6 Å². The van der Waals surface area contributed by atoms with E-state index >= 15 is 0 Å². The van der Waals surface area contributed by atoms with Gasteiger partial charge in [-0.3, -0.25) is 4.18 Å². The first-order valence-corrected chi connectivity index (χ1v) is 11.6. The lowest BCUT2D eigenvalue weighted by Gasteiger charge is -2.14. The molecule has 0 saturated heterocycles. The average molecular weight is 458 g/mol. The Morgan fingerprint density at radius 1 is 1.25 bits per heavy atom. The van der Waals surface area contributed by atoms with Gasteiger partial charge in [0.25, 0.3) is 0 Å². The number of nitrogens with one attached hydrogen (secondary N) is 1. The summed E-state index contributed by atoms with van der Waals surface area (Å²) in [4.78, 5) is 12.4. The van der Waals surface area contributed by atoms with Crippen molar-refractivity contribution in [1.82, 2.24) is 19.5 Å². The Bertz CT molecular complexity index is 1400. The number of aliphatic hydroxyl groups excluding tert-OH is 1. The van der Waals surface area contributed by atoms with Crippen LogP contribution in [-0.2, 0) is 14.5 Å². The predicted molar refractivity (Wildman–Crippen MR) is 118 cm³/mol. The Morgan fingerprint density at radius 2 is 2.09 bits per heavy atom. The number of benzene rings is 1. The number of nitrogens with zero attached hydrogens (tertiary/aromatic N) is 3. The number of aromatic nitrogens is 4. The highest BCUT2D eigenvalue weighted by molar-refractivity contribution is 7.84. The third-order valence-electron chi connectivity index (χ3n) is 6.07. The molecule has 0 amide bonds. The van der Waals surface area contributed by atoms with E-state index in [4.69, 9.17) is 14.1 Å². The number of methoxy groups -OCH3 is 1. The fraction of sp³-hybridized carbons (Fsp3) is 0.333. The number of aromatic amines is 1. The normalized spacial score (nSPS) is 21.5. The van der Waals surface area contributed by atoms with Crippen LogP contribution in [0.3, 0.4) is 0 Å². The Morgan fingerprint density at radius 3 is 2.88 bits per heavy atom. The number of rotatable bonds is 6. The molecule has 4 N–H and O–H groups in total. The highest BCUT2D eigenvalue weighted by atomic mass is 32.2. The number of H-pyrrole nitrogens is 1. The fourth-order valence-electron chi connectivity index (χ4n) is 4.50. The van der Waals surface area contributed by atoms with E-state index in [2.05, 4.69) is 15.0 Å². The van der Waals surface area contributed by atoms with E-state index in [1.165, 1.54) is 6.33 Å². The maximum absolute atomic E-state index is 11.1. The minimum Gasteiger partial charge on any atom is -0.497 e. The van der Waals surface area contributed by atoms with Crippen LogP contribution in [0.4, 0.5) is 0 Å². The first-order chi connectivity index (χ1) is 15.3. The lowest BCUT2D eigenvalue weighted by Crippen LogP contribution is -2.24. The molecule has 1 aliphatic rings. The fourth-order valence-corrected chi connectivity index (χ4v) is 4.87. The Hall–Kier alpha value is -2.99. The summed E-state index contributed by atoms with van der Waals surface area (Å²) in [5.74, 6) is 0.436. The van der Waals surface area contributed by atoms with Gasteiger partial charge >= 0.3 is 10.3 Å². The Kier molecular flexibility index (Phi) is 5.13. The molecule has 0 unspecified atom stereocenters. The summed E-state index contributed by atoms with van der Waals surface area (Å²) < 4.78 is 34.2. The molecule has 0 spiro atoms. The van der Waals surface area contributed by atoms with Gasteiger partial charge in [0.15, 0.2) is 0 Å². The van der Waals surface area contributed by atoms with Crippen molar-refractivity contribution >= 4 is 32.2 Å². The summed E-state index contributed by atoms with van der Waals surface area (Å²) in [6, 6.07) is 9.78.